The lowest BCUT2D eigenvalue weighted by Gasteiger charge is -2.15. The lowest BCUT2D eigenvalue weighted by atomic mass is 10.0. The number of rotatable bonds is 6. The van der Waals surface area contributed by atoms with E-state index in [1.165, 1.54) is 0 Å². The van der Waals surface area contributed by atoms with Crippen molar-refractivity contribution in [3.63, 3.8) is 0 Å². The normalized spacial score (nSPS) is 10.0. The molecule has 0 spiro atoms. The fourth-order valence-electron chi connectivity index (χ4n) is 2.16. The molecular formula is C21H26O4. The molecule has 4 nitrogen and oxygen atoms in total. The van der Waals surface area contributed by atoms with Crippen LogP contribution in [0.15, 0.2) is 61.2 Å². The highest BCUT2D eigenvalue weighted by Gasteiger charge is 2.11. The summed E-state index contributed by atoms with van der Waals surface area (Å²) < 4.78 is 0. The third-order valence-corrected chi connectivity index (χ3v) is 3.48. The average Bonchev–Trinajstić information content (AvgIpc) is 2.60. The Labute approximate surface area is 149 Å². The summed E-state index contributed by atoms with van der Waals surface area (Å²) >= 11 is 0. The van der Waals surface area contributed by atoms with Gasteiger partial charge in [0.15, 0.2) is 11.5 Å². The summed E-state index contributed by atoms with van der Waals surface area (Å²) in [7, 11) is 0. The molecule has 2 aromatic carbocycles. The number of carbonyl (C=O) groups is 1. The minimum Gasteiger partial charge on any atom is -0.478 e. The predicted octanol–water partition coefficient (Wildman–Crippen LogP) is 5.56. The maximum absolute atomic E-state index is 9.25. The van der Waals surface area contributed by atoms with Gasteiger partial charge in [-0.1, -0.05) is 70.7 Å². The zero-order chi connectivity index (χ0) is 18.8. The Morgan fingerprint density at radius 1 is 0.880 bits per heavy atom. The van der Waals surface area contributed by atoms with Crippen molar-refractivity contribution in [3.8, 4) is 11.5 Å². The van der Waals surface area contributed by atoms with Crippen LogP contribution in [-0.2, 0) is 4.79 Å². The number of para-hydroxylation sites is 2. The monoisotopic (exact) mass is 342 g/mol. The topological polar surface area (TPSA) is 55.8 Å². The lowest BCUT2D eigenvalue weighted by molar-refractivity contribution is -0.131. The van der Waals surface area contributed by atoms with E-state index in [0.29, 0.717) is 11.8 Å². The van der Waals surface area contributed by atoms with Crippen molar-refractivity contribution in [2.75, 3.05) is 0 Å². The highest BCUT2D eigenvalue weighted by molar-refractivity contribution is 5.78. The van der Waals surface area contributed by atoms with Crippen LogP contribution in [0.4, 0.5) is 0 Å². The minimum atomic E-state index is -0.981. The van der Waals surface area contributed by atoms with Gasteiger partial charge in [-0.3, -0.25) is 9.78 Å². The van der Waals surface area contributed by atoms with Crippen molar-refractivity contribution in [2.24, 2.45) is 0 Å². The maximum atomic E-state index is 9.25. The van der Waals surface area contributed by atoms with Crippen molar-refractivity contribution < 1.29 is 19.7 Å². The highest BCUT2D eigenvalue weighted by atomic mass is 17.2. The maximum Gasteiger partial charge on any atom is 0.327 e. The van der Waals surface area contributed by atoms with Gasteiger partial charge in [-0.05, 0) is 24.0 Å². The molecule has 4 heteroatoms. The van der Waals surface area contributed by atoms with Crippen LogP contribution in [0.2, 0.25) is 0 Å². The Hall–Kier alpha value is -2.75. The first-order valence-electron chi connectivity index (χ1n) is 8.24. The SMILES string of the molecule is C=CC(=O)O.CC(C)c1ccccc1OOc1ccccc1C(C)C. The summed E-state index contributed by atoms with van der Waals surface area (Å²) in [6.07, 6.45) is 0.833. The van der Waals surface area contributed by atoms with Crippen LogP contribution in [-0.4, -0.2) is 11.1 Å². The van der Waals surface area contributed by atoms with Gasteiger partial charge in [0.2, 0.25) is 0 Å². The third kappa shape index (κ3) is 6.71. The van der Waals surface area contributed by atoms with Crippen molar-refractivity contribution in [1.82, 2.24) is 0 Å². The molecule has 0 aliphatic rings. The number of hydrogen-bond donors (Lipinski definition) is 1. The van der Waals surface area contributed by atoms with Gasteiger partial charge in [0.1, 0.15) is 0 Å². The molecule has 25 heavy (non-hydrogen) atoms. The first-order valence-corrected chi connectivity index (χ1v) is 8.24. The summed E-state index contributed by atoms with van der Waals surface area (Å²) in [5.74, 6) is 1.37. The van der Waals surface area contributed by atoms with Gasteiger partial charge in [-0.25, -0.2) is 4.79 Å². The summed E-state index contributed by atoms with van der Waals surface area (Å²) in [4.78, 5) is 20.4. The van der Waals surface area contributed by atoms with Crippen molar-refractivity contribution in [1.29, 1.82) is 0 Å². The zero-order valence-electron chi connectivity index (χ0n) is 15.2. The van der Waals surface area contributed by atoms with Crippen molar-refractivity contribution in [2.45, 2.75) is 39.5 Å². The second kappa shape index (κ2) is 10.2. The molecule has 0 aromatic heterocycles. The molecule has 0 fully saturated rings. The van der Waals surface area contributed by atoms with Gasteiger partial charge in [0.05, 0.1) is 0 Å². The fraction of sp³-hybridized carbons (Fsp3) is 0.286. The summed E-state index contributed by atoms with van der Waals surface area (Å²) in [6.45, 7) is 11.5. The molecule has 0 aliphatic heterocycles. The van der Waals surface area contributed by atoms with Gasteiger partial charge in [-0.2, -0.15) is 0 Å². The number of carboxylic acid groups (broad SMARTS) is 1. The van der Waals surface area contributed by atoms with E-state index in [1.807, 2.05) is 36.4 Å². The fourth-order valence-corrected chi connectivity index (χ4v) is 2.16. The third-order valence-electron chi connectivity index (χ3n) is 3.48. The van der Waals surface area contributed by atoms with E-state index < -0.39 is 5.97 Å². The molecule has 0 amide bonds. The second-order valence-electron chi connectivity index (χ2n) is 6.09. The van der Waals surface area contributed by atoms with E-state index in [2.05, 4.69) is 46.4 Å². The summed E-state index contributed by atoms with van der Waals surface area (Å²) in [5, 5.41) is 7.60. The van der Waals surface area contributed by atoms with Crippen molar-refractivity contribution in [3.05, 3.63) is 72.3 Å². The highest BCUT2D eigenvalue weighted by Crippen LogP contribution is 2.29. The first kappa shape index (κ1) is 20.3. The van der Waals surface area contributed by atoms with Gasteiger partial charge in [0.25, 0.3) is 0 Å². The van der Waals surface area contributed by atoms with E-state index in [4.69, 9.17) is 14.9 Å². The van der Waals surface area contributed by atoms with Crippen LogP contribution in [0, 0.1) is 0 Å². The number of benzene rings is 2. The van der Waals surface area contributed by atoms with Gasteiger partial charge in [-0.15, -0.1) is 0 Å². The number of hydrogen-bond acceptors (Lipinski definition) is 3. The minimum absolute atomic E-state index is 0.398. The molecule has 134 valence electrons. The van der Waals surface area contributed by atoms with Crippen LogP contribution >= 0.6 is 0 Å². The van der Waals surface area contributed by atoms with E-state index in [0.717, 1.165) is 28.7 Å². The number of aliphatic carboxylic acids is 1. The molecule has 0 aliphatic carbocycles. The van der Waals surface area contributed by atoms with E-state index >= 15 is 0 Å². The molecule has 0 saturated heterocycles. The Bertz CT molecular complexity index is 638. The standard InChI is InChI=1S/C18H22O2.C3H4O2/c1-13(2)15-9-5-7-11-17(15)19-20-18-12-8-6-10-16(18)14(3)4;1-2-3(4)5/h5-14H,1-4H3;2H,1H2,(H,4,5). The van der Waals surface area contributed by atoms with Crippen LogP contribution in [0.1, 0.15) is 50.7 Å². The quantitative estimate of drug-likeness (QED) is 0.424. The average molecular weight is 342 g/mol. The number of carboxylic acids is 1. The summed E-state index contributed by atoms with van der Waals surface area (Å²) in [5.41, 5.74) is 2.30. The van der Waals surface area contributed by atoms with E-state index in [-0.39, 0.29) is 0 Å². The Kier molecular flexibility index (Phi) is 8.27. The lowest BCUT2D eigenvalue weighted by Crippen LogP contribution is -2.06. The van der Waals surface area contributed by atoms with Crippen LogP contribution in [0.5, 0.6) is 11.5 Å². The smallest absolute Gasteiger partial charge is 0.327 e. The molecule has 2 rings (SSSR count). The molecular weight excluding hydrogens is 316 g/mol. The van der Waals surface area contributed by atoms with Crippen LogP contribution in [0.3, 0.4) is 0 Å². The van der Waals surface area contributed by atoms with E-state index in [9.17, 15) is 4.79 Å². The second-order valence-corrected chi connectivity index (χ2v) is 6.09. The summed E-state index contributed by atoms with van der Waals surface area (Å²) in [6, 6.07) is 16.0. The van der Waals surface area contributed by atoms with E-state index in [1.54, 1.807) is 0 Å². The molecule has 2 aromatic rings. The molecule has 0 radical (unpaired) electrons. The molecule has 0 bridgehead atoms. The Balaban J connectivity index is 0.000000550. The van der Waals surface area contributed by atoms with Crippen LogP contribution in [0.25, 0.3) is 0 Å². The molecule has 0 atom stereocenters. The molecule has 0 unspecified atom stereocenters. The Morgan fingerprint density at radius 3 is 1.48 bits per heavy atom. The molecule has 1 N–H and O–H groups in total. The van der Waals surface area contributed by atoms with Crippen molar-refractivity contribution >= 4 is 5.97 Å². The largest absolute Gasteiger partial charge is 0.478 e. The molecule has 0 saturated carbocycles. The van der Waals surface area contributed by atoms with Gasteiger partial charge in [0, 0.05) is 17.2 Å². The van der Waals surface area contributed by atoms with Crippen LogP contribution < -0.4 is 9.78 Å². The predicted molar refractivity (Wildman–Crippen MR) is 100 cm³/mol. The van der Waals surface area contributed by atoms with Gasteiger partial charge < -0.3 is 5.11 Å². The van der Waals surface area contributed by atoms with Gasteiger partial charge >= 0.3 is 5.97 Å². The first-order chi connectivity index (χ1) is 11.9. The zero-order valence-corrected chi connectivity index (χ0v) is 15.2. The Morgan fingerprint density at radius 2 is 1.20 bits per heavy atom. The molecule has 0 heterocycles.